The summed E-state index contributed by atoms with van der Waals surface area (Å²) >= 11 is 0. The molecule has 0 saturated carbocycles. The molecule has 0 heterocycles. The molecule has 0 aromatic carbocycles. The summed E-state index contributed by atoms with van der Waals surface area (Å²) in [6, 6.07) is 0. The number of amides is 2. The van der Waals surface area contributed by atoms with Crippen LogP contribution in [0.5, 0.6) is 0 Å². The molecule has 0 aliphatic rings. The van der Waals surface area contributed by atoms with E-state index in [1.54, 1.807) is 0 Å². The number of carbonyl (C=O) groups is 2. The van der Waals surface area contributed by atoms with Crippen molar-refractivity contribution in [1.82, 2.24) is 5.32 Å². The molecule has 76 valence electrons. The highest BCUT2D eigenvalue weighted by Crippen LogP contribution is 2.13. The van der Waals surface area contributed by atoms with Gasteiger partial charge in [-0.05, 0) is 20.3 Å². The summed E-state index contributed by atoms with van der Waals surface area (Å²) in [5, 5.41) is 2.67. The smallest absolute Gasteiger partial charge is 0.235 e. The number of unbranched alkanes of at least 4 members (excludes halogenated alkanes) is 1. The molecule has 0 aromatic heterocycles. The number of nitrogens with one attached hydrogen (secondary N) is 1. The van der Waals surface area contributed by atoms with Gasteiger partial charge in [0.2, 0.25) is 11.8 Å². The summed E-state index contributed by atoms with van der Waals surface area (Å²) < 4.78 is 0. The Morgan fingerprint density at radius 3 is 2.31 bits per heavy atom. The molecule has 0 spiro atoms. The van der Waals surface area contributed by atoms with Crippen LogP contribution in [0.25, 0.3) is 0 Å². The molecule has 4 heteroatoms. The van der Waals surface area contributed by atoms with Gasteiger partial charge in [0, 0.05) is 6.54 Å². The fraction of sp³-hybridized carbons (Fsp3) is 0.778. The molecule has 0 aromatic rings. The maximum atomic E-state index is 11.4. The molecule has 0 aliphatic carbocycles. The van der Waals surface area contributed by atoms with Gasteiger partial charge in [-0.1, -0.05) is 13.3 Å². The van der Waals surface area contributed by atoms with Crippen molar-refractivity contribution in [2.24, 2.45) is 11.1 Å². The van der Waals surface area contributed by atoms with Gasteiger partial charge in [0.1, 0.15) is 5.41 Å². The van der Waals surface area contributed by atoms with E-state index < -0.39 is 11.3 Å². The first-order valence-electron chi connectivity index (χ1n) is 4.51. The number of hydrogen-bond donors (Lipinski definition) is 2. The molecule has 0 radical (unpaired) electrons. The Labute approximate surface area is 78.9 Å². The van der Waals surface area contributed by atoms with Gasteiger partial charge in [-0.3, -0.25) is 9.59 Å². The minimum Gasteiger partial charge on any atom is -0.369 e. The largest absolute Gasteiger partial charge is 0.369 e. The van der Waals surface area contributed by atoms with E-state index in [1.807, 2.05) is 6.92 Å². The van der Waals surface area contributed by atoms with Gasteiger partial charge in [-0.2, -0.15) is 0 Å². The van der Waals surface area contributed by atoms with E-state index in [0.717, 1.165) is 12.8 Å². The predicted octanol–water partition coefficient (Wildman–Crippen LogP) is 0.414. The van der Waals surface area contributed by atoms with E-state index in [9.17, 15) is 9.59 Å². The normalized spacial score (nSPS) is 11.0. The average Bonchev–Trinajstić information content (AvgIpc) is 2.04. The standard InChI is InChI=1S/C9H18N2O2/c1-4-5-6-11-8(13)9(2,3)7(10)12/h4-6H2,1-3H3,(H2,10,12)(H,11,13). The summed E-state index contributed by atoms with van der Waals surface area (Å²) in [5.41, 5.74) is 3.97. The Balaban J connectivity index is 4.03. The van der Waals surface area contributed by atoms with Gasteiger partial charge < -0.3 is 11.1 Å². The summed E-state index contributed by atoms with van der Waals surface area (Å²) in [4.78, 5) is 22.2. The second-order valence-electron chi connectivity index (χ2n) is 3.60. The molecule has 13 heavy (non-hydrogen) atoms. The number of hydrogen-bond acceptors (Lipinski definition) is 2. The number of carbonyl (C=O) groups excluding carboxylic acids is 2. The fourth-order valence-electron chi connectivity index (χ4n) is 0.712. The van der Waals surface area contributed by atoms with Crippen molar-refractivity contribution in [2.45, 2.75) is 33.6 Å². The first-order chi connectivity index (χ1) is 5.92. The van der Waals surface area contributed by atoms with E-state index in [-0.39, 0.29) is 5.91 Å². The Hall–Kier alpha value is -1.06. The summed E-state index contributed by atoms with van der Waals surface area (Å²) in [7, 11) is 0. The minimum atomic E-state index is -1.10. The van der Waals surface area contributed by atoms with E-state index >= 15 is 0 Å². The molecule has 0 unspecified atom stereocenters. The van der Waals surface area contributed by atoms with Crippen LogP contribution in [0, 0.1) is 5.41 Å². The maximum absolute atomic E-state index is 11.4. The first kappa shape index (κ1) is 11.9. The molecule has 4 nitrogen and oxygen atoms in total. The second-order valence-corrected chi connectivity index (χ2v) is 3.60. The van der Waals surface area contributed by atoms with Crippen LogP contribution in [-0.4, -0.2) is 18.4 Å². The minimum absolute atomic E-state index is 0.298. The third-order valence-electron chi connectivity index (χ3n) is 2.00. The lowest BCUT2D eigenvalue weighted by Crippen LogP contribution is -2.45. The molecule has 3 N–H and O–H groups in total. The zero-order chi connectivity index (χ0) is 10.5. The number of primary amides is 1. The van der Waals surface area contributed by atoms with Crippen molar-refractivity contribution in [3.8, 4) is 0 Å². The van der Waals surface area contributed by atoms with Gasteiger partial charge in [-0.15, -0.1) is 0 Å². The van der Waals surface area contributed by atoms with Crippen LogP contribution in [0.4, 0.5) is 0 Å². The molecule has 0 aliphatic heterocycles. The van der Waals surface area contributed by atoms with Crippen LogP contribution in [0.2, 0.25) is 0 Å². The summed E-state index contributed by atoms with van der Waals surface area (Å²) in [5.74, 6) is -0.894. The molecule has 0 rings (SSSR count). The maximum Gasteiger partial charge on any atom is 0.235 e. The molecular formula is C9H18N2O2. The Morgan fingerprint density at radius 2 is 1.92 bits per heavy atom. The van der Waals surface area contributed by atoms with E-state index in [4.69, 9.17) is 5.73 Å². The molecule has 0 fully saturated rings. The number of nitrogens with two attached hydrogens (primary N) is 1. The first-order valence-corrected chi connectivity index (χ1v) is 4.51. The van der Waals surface area contributed by atoms with Crippen LogP contribution in [0.3, 0.4) is 0 Å². The van der Waals surface area contributed by atoms with Gasteiger partial charge in [0.25, 0.3) is 0 Å². The lowest BCUT2D eigenvalue weighted by Gasteiger charge is -2.19. The van der Waals surface area contributed by atoms with Crippen LogP contribution in [0.1, 0.15) is 33.6 Å². The van der Waals surface area contributed by atoms with Gasteiger partial charge in [0.15, 0.2) is 0 Å². The fourth-order valence-corrected chi connectivity index (χ4v) is 0.712. The lowest BCUT2D eigenvalue weighted by molar-refractivity contribution is -0.139. The molecule has 2 amide bonds. The Kier molecular flexibility index (Phi) is 4.45. The van der Waals surface area contributed by atoms with E-state index in [2.05, 4.69) is 5.32 Å². The topological polar surface area (TPSA) is 72.2 Å². The lowest BCUT2D eigenvalue weighted by atomic mass is 9.91. The zero-order valence-electron chi connectivity index (χ0n) is 8.52. The van der Waals surface area contributed by atoms with Crippen LogP contribution in [-0.2, 0) is 9.59 Å². The van der Waals surface area contributed by atoms with Crippen LogP contribution >= 0.6 is 0 Å². The highest BCUT2D eigenvalue weighted by molar-refractivity contribution is 6.03. The SMILES string of the molecule is CCCCNC(=O)C(C)(C)C(N)=O. The molecule has 0 bridgehead atoms. The van der Waals surface area contributed by atoms with Crippen molar-refractivity contribution in [3.63, 3.8) is 0 Å². The van der Waals surface area contributed by atoms with Crippen LogP contribution in [0.15, 0.2) is 0 Å². The zero-order valence-corrected chi connectivity index (χ0v) is 8.52. The monoisotopic (exact) mass is 186 g/mol. The molecule has 0 saturated heterocycles. The van der Waals surface area contributed by atoms with Crippen molar-refractivity contribution in [2.75, 3.05) is 6.54 Å². The average molecular weight is 186 g/mol. The van der Waals surface area contributed by atoms with E-state index in [1.165, 1.54) is 13.8 Å². The number of rotatable bonds is 5. The summed E-state index contributed by atoms with van der Waals surface area (Å²) in [6.07, 6.45) is 1.93. The van der Waals surface area contributed by atoms with Gasteiger partial charge in [0.05, 0.1) is 0 Å². The Morgan fingerprint density at radius 1 is 1.38 bits per heavy atom. The molecular weight excluding hydrogens is 168 g/mol. The third-order valence-corrected chi connectivity index (χ3v) is 2.00. The molecule has 0 atom stereocenters. The predicted molar refractivity (Wildman–Crippen MR) is 50.9 cm³/mol. The Bertz CT molecular complexity index is 200. The van der Waals surface area contributed by atoms with Crippen molar-refractivity contribution < 1.29 is 9.59 Å². The van der Waals surface area contributed by atoms with Crippen LogP contribution < -0.4 is 11.1 Å². The highest BCUT2D eigenvalue weighted by Gasteiger charge is 2.33. The summed E-state index contributed by atoms with van der Waals surface area (Å²) in [6.45, 7) is 5.69. The van der Waals surface area contributed by atoms with Gasteiger partial charge >= 0.3 is 0 Å². The highest BCUT2D eigenvalue weighted by atomic mass is 16.2. The quantitative estimate of drug-likeness (QED) is 0.482. The third kappa shape index (κ3) is 3.44. The van der Waals surface area contributed by atoms with Crippen molar-refractivity contribution in [1.29, 1.82) is 0 Å². The van der Waals surface area contributed by atoms with Crippen molar-refractivity contribution >= 4 is 11.8 Å². The van der Waals surface area contributed by atoms with Gasteiger partial charge in [-0.25, -0.2) is 0 Å². The van der Waals surface area contributed by atoms with E-state index in [0.29, 0.717) is 6.54 Å². The second kappa shape index (κ2) is 4.84. The van der Waals surface area contributed by atoms with Crippen molar-refractivity contribution in [3.05, 3.63) is 0 Å².